The Bertz CT molecular complexity index is 70.7. The topological polar surface area (TPSA) is 23.8 Å². The maximum Gasteiger partial charge on any atom is 0.0655 e. The first kappa shape index (κ1) is 6.49. The molecule has 39 valence electrons. The average Bonchev–Trinajstić information content (AvgIpc) is 1.68. The van der Waals surface area contributed by atoms with E-state index < -0.39 is 0 Å². The van der Waals surface area contributed by atoms with Crippen LogP contribution in [-0.4, -0.2) is 0 Å². The molecule has 0 aliphatic carbocycles. The molecule has 0 amide bonds. The molecule has 1 unspecified atom stereocenters. The second kappa shape index (κ2) is 3.67. The fraction of sp³-hybridized carbons (Fsp3) is 0.667. The van der Waals surface area contributed by atoms with Gasteiger partial charge in [0.2, 0.25) is 0 Å². The largest absolute Gasteiger partial charge is 0.198 e. The van der Waals surface area contributed by atoms with Crippen molar-refractivity contribution in [3.05, 3.63) is 6.42 Å². The van der Waals surface area contributed by atoms with E-state index in [0.29, 0.717) is 0 Å². The van der Waals surface area contributed by atoms with Crippen LogP contribution in [0.15, 0.2) is 0 Å². The van der Waals surface area contributed by atoms with E-state index in [0.717, 1.165) is 6.42 Å². The molecule has 0 aliphatic rings. The number of nitriles is 1. The summed E-state index contributed by atoms with van der Waals surface area (Å²) in [7, 11) is 0. The third kappa shape index (κ3) is 3.32. The molecule has 7 heavy (non-hydrogen) atoms. The third-order valence-corrected chi connectivity index (χ3v) is 0.793. The molecule has 0 N–H and O–H groups in total. The predicted octanol–water partition coefficient (Wildman–Crippen LogP) is 1.76. The molecule has 0 aromatic rings. The molecule has 0 spiro atoms. The Kier molecular flexibility index (Phi) is 3.40. The Morgan fingerprint density at radius 2 is 2.43 bits per heavy atom. The molecule has 0 aromatic heterocycles. The van der Waals surface area contributed by atoms with Gasteiger partial charge in [0.05, 0.1) is 6.07 Å². The van der Waals surface area contributed by atoms with Gasteiger partial charge in [-0.3, -0.25) is 0 Å². The normalized spacial score (nSPS) is 12.7. The van der Waals surface area contributed by atoms with Crippen molar-refractivity contribution in [2.75, 3.05) is 0 Å². The molecule has 1 atom stereocenters. The zero-order chi connectivity index (χ0) is 5.70. The summed E-state index contributed by atoms with van der Waals surface area (Å²) in [5.74, 6) is 0.130. The van der Waals surface area contributed by atoms with E-state index in [1.807, 2.05) is 20.3 Å². The van der Waals surface area contributed by atoms with Crippen molar-refractivity contribution in [2.45, 2.75) is 20.3 Å². The lowest BCUT2D eigenvalue weighted by molar-refractivity contribution is 0.814. The molecular weight excluding hydrogens is 86.1 g/mol. The van der Waals surface area contributed by atoms with Crippen LogP contribution in [0.3, 0.4) is 0 Å². The van der Waals surface area contributed by atoms with Crippen LogP contribution in [-0.2, 0) is 0 Å². The molecule has 0 fully saturated rings. The van der Waals surface area contributed by atoms with Crippen LogP contribution >= 0.6 is 0 Å². The van der Waals surface area contributed by atoms with Crippen LogP contribution in [0.1, 0.15) is 20.3 Å². The third-order valence-electron chi connectivity index (χ3n) is 0.793. The summed E-state index contributed by atoms with van der Waals surface area (Å²) < 4.78 is 0. The molecule has 0 heterocycles. The zero-order valence-electron chi connectivity index (χ0n) is 4.81. The molecule has 1 heteroatoms. The molecule has 0 rings (SSSR count). The number of nitrogens with zero attached hydrogens (tertiary/aromatic N) is 1. The lowest BCUT2D eigenvalue weighted by Crippen LogP contribution is -1.87. The van der Waals surface area contributed by atoms with E-state index in [2.05, 4.69) is 6.07 Å². The minimum atomic E-state index is 0.130. The average molecular weight is 96.2 g/mol. The van der Waals surface area contributed by atoms with Gasteiger partial charge < -0.3 is 0 Å². The van der Waals surface area contributed by atoms with Crippen molar-refractivity contribution in [1.29, 1.82) is 5.26 Å². The molecule has 1 radical (unpaired) electrons. The van der Waals surface area contributed by atoms with Gasteiger partial charge in [-0.25, -0.2) is 0 Å². The fourth-order valence-electron chi connectivity index (χ4n) is 0.406. The lowest BCUT2D eigenvalue weighted by Gasteiger charge is -1.92. The number of hydrogen-bond acceptors (Lipinski definition) is 1. The molecule has 0 saturated carbocycles. The van der Waals surface area contributed by atoms with Crippen LogP contribution in [0.4, 0.5) is 0 Å². The highest BCUT2D eigenvalue weighted by Gasteiger charge is 1.93. The summed E-state index contributed by atoms with van der Waals surface area (Å²) in [5.41, 5.74) is 0. The predicted molar refractivity (Wildman–Crippen MR) is 29.4 cm³/mol. The van der Waals surface area contributed by atoms with E-state index >= 15 is 0 Å². The first-order valence-corrected chi connectivity index (χ1v) is 2.54. The Morgan fingerprint density at radius 3 is 2.57 bits per heavy atom. The van der Waals surface area contributed by atoms with Crippen molar-refractivity contribution in [1.82, 2.24) is 0 Å². The highest BCUT2D eigenvalue weighted by molar-refractivity contribution is 4.88. The van der Waals surface area contributed by atoms with Crippen LogP contribution in [0, 0.1) is 23.7 Å². The Morgan fingerprint density at radius 1 is 1.86 bits per heavy atom. The van der Waals surface area contributed by atoms with Crippen molar-refractivity contribution < 1.29 is 0 Å². The molecule has 0 bridgehead atoms. The number of hydrogen-bond donors (Lipinski definition) is 0. The van der Waals surface area contributed by atoms with Gasteiger partial charge in [-0.05, 0) is 13.3 Å². The number of rotatable bonds is 2. The van der Waals surface area contributed by atoms with E-state index in [-0.39, 0.29) is 5.92 Å². The minimum absolute atomic E-state index is 0.130. The second-order valence-electron chi connectivity index (χ2n) is 1.56. The van der Waals surface area contributed by atoms with Crippen LogP contribution in [0.2, 0.25) is 0 Å². The Labute approximate surface area is 45.0 Å². The summed E-state index contributed by atoms with van der Waals surface area (Å²) in [6.07, 6.45) is 2.98. The quantitative estimate of drug-likeness (QED) is 0.514. The first-order valence-electron chi connectivity index (χ1n) is 2.54. The SMILES string of the molecule is CC[CH]C(C)C#N. The maximum atomic E-state index is 8.18. The van der Waals surface area contributed by atoms with Gasteiger partial charge in [-0.15, -0.1) is 0 Å². The Hall–Kier alpha value is -0.510. The van der Waals surface area contributed by atoms with Crippen molar-refractivity contribution in [2.24, 2.45) is 5.92 Å². The highest BCUT2D eigenvalue weighted by atomic mass is 14.2. The van der Waals surface area contributed by atoms with Gasteiger partial charge in [0.25, 0.3) is 0 Å². The molecule has 0 saturated heterocycles. The summed E-state index contributed by atoms with van der Waals surface area (Å²) in [6, 6.07) is 2.11. The van der Waals surface area contributed by atoms with Crippen molar-refractivity contribution >= 4 is 0 Å². The van der Waals surface area contributed by atoms with Crippen molar-refractivity contribution in [3.63, 3.8) is 0 Å². The van der Waals surface area contributed by atoms with Gasteiger partial charge in [0, 0.05) is 5.92 Å². The molecule has 0 aromatic carbocycles. The van der Waals surface area contributed by atoms with E-state index in [1.165, 1.54) is 0 Å². The van der Waals surface area contributed by atoms with E-state index in [4.69, 9.17) is 5.26 Å². The monoisotopic (exact) mass is 96.1 g/mol. The summed E-state index contributed by atoms with van der Waals surface area (Å²) in [4.78, 5) is 0. The first-order chi connectivity index (χ1) is 3.31. The minimum Gasteiger partial charge on any atom is -0.198 e. The standard InChI is InChI=1S/C6H10N/c1-3-4-6(2)5-7/h4,6H,3H2,1-2H3. The van der Waals surface area contributed by atoms with Gasteiger partial charge in [-0.2, -0.15) is 5.26 Å². The molecule has 1 nitrogen and oxygen atoms in total. The van der Waals surface area contributed by atoms with Gasteiger partial charge in [-0.1, -0.05) is 13.3 Å². The Balaban J connectivity index is 3.04. The fourth-order valence-corrected chi connectivity index (χ4v) is 0.406. The maximum absolute atomic E-state index is 8.18. The lowest BCUT2D eigenvalue weighted by atomic mass is 10.1. The van der Waals surface area contributed by atoms with Gasteiger partial charge in [0.1, 0.15) is 0 Å². The summed E-state index contributed by atoms with van der Waals surface area (Å²) >= 11 is 0. The summed E-state index contributed by atoms with van der Waals surface area (Å²) in [5, 5.41) is 8.18. The van der Waals surface area contributed by atoms with Gasteiger partial charge in [0.15, 0.2) is 0 Å². The van der Waals surface area contributed by atoms with E-state index in [9.17, 15) is 0 Å². The van der Waals surface area contributed by atoms with Gasteiger partial charge >= 0.3 is 0 Å². The van der Waals surface area contributed by atoms with Crippen LogP contribution < -0.4 is 0 Å². The smallest absolute Gasteiger partial charge is 0.0655 e. The van der Waals surface area contributed by atoms with Crippen molar-refractivity contribution in [3.8, 4) is 6.07 Å². The summed E-state index contributed by atoms with van der Waals surface area (Å²) in [6.45, 7) is 3.93. The molecule has 0 aliphatic heterocycles. The second-order valence-corrected chi connectivity index (χ2v) is 1.56. The molecular formula is C6H10N. The van der Waals surface area contributed by atoms with E-state index in [1.54, 1.807) is 0 Å². The zero-order valence-corrected chi connectivity index (χ0v) is 4.81. The van der Waals surface area contributed by atoms with Crippen LogP contribution in [0.5, 0.6) is 0 Å². The highest BCUT2D eigenvalue weighted by Crippen LogP contribution is 1.99. The van der Waals surface area contributed by atoms with Crippen LogP contribution in [0.25, 0.3) is 0 Å².